The quantitative estimate of drug-likeness (QED) is 0.0262. The predicted molar refractivity (Wildman–Crippen MR) is 306 cm³/mol. The Morgan fingerprint density at radius 3 is 0.915 bits per heavy atom. The van der Waals surface area contributed by atoms with Crippen LogP contribution in [-0.4, -0.2) is 37.2 Å². The van der Waals surface area contributed by atoms with Crippen molar-refractivity contribution in [2.45, 2.75) is 245 Å². The summed E-state index contributed by atoms with van der Waals surface area (Å²) in [6.45, 7) is 6.31. The van der Waals surface area contributed by atoms with Crippen LogP contribution < -0.4 is 0 Å². The van der Waals surface area contributed by atoms with Crippen molar-refractivity contribution in [3.63, 3.8) is 0 Å². The van der Waals surface area contributed by atoms with Crippen molar-refractivity contribution in [2.24, 2.45) is 0 Å². The first-order chi connectivity index (χ1) is 35.0. The summed E-state index contributed by atoms with van der Waals surface area (Å²) in [6, 6.07) is 0. The number of ether oxygens (including phenoxy) is 3. The van der Waals surface area contributed by atoms with Crippen LogP contribution in [-0.2, 0) is 28.6 Å². The zero-order valence-electron chi connectivity index (χ0n) is 45.7. The van der Waals surface area contributed by atoms with Crippen LogP contribution in [0.5, 0.6) is 0 Å². The molecule has 0 N–H and O–H groups in total. The van der Waals surface area contributed by atoms with E-state index in [9.17, 15) is 14.4 Å². The summed E-state index contributed by atoms with van der Waals surface area (Å²) < 4.78 is 16.8. The second-order valence-corrected chi connectivity index (χ2v) is 18.4. The summed E-state index contributed by atoms with van der Waals surface area (Å²) in [7, 11) is 0. The van der Waals surface area contributed by atoms with E-state index in [1.807, 2.05) is 0 Å². The lowest BCUT2D eigenvalue weighted by Crippen LogP contribution is -2.30. The van der Waals surface area contributed by atoms with Crippen LogP contribution in [0.2, 0.25) is 0 Å². The molecule has 1 atom stereocenters. The van der Waals surface area contributed by atoms with E-state index < -0.39 is 6.10 Å². The van der Waals surface area contributed by atoms with Gasteiger partial charge < -0.3 is 14.2 Å². The molecule has 0 aliphatic heterocycles. The average molecular weight is 982 g/mol. The van der Waals surface area contributed by atoms with Crippen LogP contribution >= 0.6 is 0 Å². The minimum absolute atomic E-state index is 0.112. The van der Waals surface area contributed by atoms with Gasteiger partial charge in [0.2, 0.25) is 0 Å². The van der Waals surface area contributed by atoms with Gasteiger partial charge in [0.25, 0.3) is 0 Å². The van der Waals surface area contributed by atoms with Gasteiger partial charge in [0, 0.05) is 19.3 Å². The molecule has 0 bridgehead atoms. The minimum atomic E-state index is -0.821. The Hall–Kier alpha value is -4.45. The lowest BCUT2D eigenvalue weighted by atomic mass is 10.1. The van der Waals surface area contributed by atoms with Crippen LogP contribution in [0.4, 0.5) is 0 Å². The normalized spacial score (nSPS) is 13.1. The SMILES string of the molecule is CC/C=C\C/C=C\C/C=C\C/C=C\C/C=C\CCCC(=O)OC[C@H](COC(=O)CCCCCCCCCCC/C=C\C/C=C\CCCCC)OC(=O)CCCCCC/C=C\C/C=C\C/C=C\C/C=C\CC. The molecule has 0 fully saturated rings. The standard InChI is InChI=1S/C65H104O6/c1-4-7-10-13-16-19-22-25-28-31-32-35-37-40-43-46-49-52-55-58-64(67)70-61-62(71-65(68)59-56-53-50-47-44-41-38-34-30-27-24-21-18-15-12-9-6-3)60-69-63(66)57-54-51-48-45-42-39-36-33-29-26-23-20-17-14-11-8-5-2/h8-9,11-12,16-21,25-30,36,38-39,41,45,48,62H,4-7,10,13-15,22-24,31-35,37,40,42-44,46-47,49-61H2,1-3H3/b11-8-,12-9-,19-16-,20-17-,21-18-,28-25-,29-26-,30-27-,39-36-,41-38-,48-45-/t62-/m1/s1. The van der Waals surface area contributed by atoms with Crippen LogP contribution in [0.1, 0.15) is 239 Å². The smallest absolute Gasteiger partial charge is 0.306 e. The number of hydrogen-bond acceptors (Lipinski definition) is 6. The topological polar surface area (TPSA) is 78.9 Å². The summed E-state index contributed by atoms with van der Waals surface area (Å²) in [5.74, 6) is -1.01. The molecular formula is C65H104O6. The number of carbonyl (C=O) groups excluding carboxylic acids is 3. The molecule has 0 aromatic carbocycles. The molecular weight excluding hydrogens is 877 g/mol. The van der Waals surface area contributed by atoms with Gasteiger partial charge in [-0.1, -0.05) is 225 Å². The average Bonchev–Trinajstić information content (AvgIpc) is 3.37. The zero-order chi connectivity index (χ0) is 51.4. The fourth-order valence-electron chi connectivity index (χ4n) is 7.38. The summed E-state index contributed by atoms with van der Waals surface area (Å²) in [5, 5.41) is 0. The number of hydrogen-bond donors (Lipinski definition) is 0. The number of esters is 3. The second kappa shape index (κ2) is 58.1. The van der Waals surface area contributed by atoms with Gasteiger partial charge >= 0.3 is 17.9 Å². The van der Waals surface area contributed by atoms with Crippen molar-refractivity contribution in [3.05, 3.63) is 134 Å². The molecule has 6 nitrogen and oxygen atoms in total. The summed E-state index contributed by atoms with van der Waals surface area (Å²) in [6.07, 6.45) is 81.6. The molecule has 0 spiro atoms. The van der Waals surface area contributed by atoms with E-state index in [0.717, 1.165) is 122 Å². The molecule has 0 amide bonds. The maximum Gasteiger partial charge on any atom is 0.306 e. The molecule has 0 saturated carbocycles. The van der Waals surface area contributed by atoms with Crippen LogP contribution in [0, 0.1) is 0 Å². The number of carbonyl (C=O) groups is 3. The summed E-state index contributed by atoms with van der Waals surface area (Å²) in [5.41, 5.74) is 0. The first-order valence-corrected chi connectivity index (χ1v) is 28.7. The number of allylic oxidation sites excluding steroid dienone is 22. The van der Waals surface area contributed by atoms with Gasteiger partial charge in [0.15, 0.2) is 6.10 Å². The lowest BCUT2D eigenvalue weighted by Gasteiger charge is -2.18. The van der Waals surface area contributed by atoms with Gasteiger partial charge in [0.05, 0.1) is 0 Å². The van der Waals surface area contributed by atoms with Gasteiger partial charge in [0.1, 0.15) is 13.2 Å². The van der Waals surface area contributed by atoms with Crippen LogP contribution in [0.3, 0.4) is 0 Å². The van der Waals surface area contributed by atoms with Gasteiger partial charge in [-0.2, -0.15) is 0 Å². The van der Waals surface area contributed by atoms with Crippen molar-refractivity contribution in [3.8, 4) is 0 Å². The third kappa shape index (κ3) is 56.3. The highest BCUT2D eigenvalue weighted by Crippen LogP contribution is 2.14. The molecule has 0 rings (SSSR count). The first kappa shape index (κ1) is 66.6. The van der Waals surface area contributed by atoms with Crippen molar-refractivity contribution >= 4 is 17.9 Å². The van der Waals surface area contributed by atoms with E-state index in [-0.39, 0.29) is 44.0 Å². The highest BCUT2D eigenvalue weighted by atomic mass is 16.6. The van der Waals surface area contributed by atoms with Crippen molar-refractivity contribution in [1.82, 2.24) is 0 Å². The molecule has 0 saturated heterocycles. The van der Waals surface area contributed by atoms with Crippen molar-refractivity contribution in [2.75, 3.05) is 13.2 Å². The molecule has 0 aromatic heterocycles. The Balaban J connectivity index is 4.53. The Morgan fingerprint density at radius 2 is 0.563 bits per heavy atom. The molecule has 0 radical (unpaired) electrons. The predicted octanol–water partition coefficient (Wildman–Crippen LogP) is 19.4. The Bertz CT molecular complexity index is 1550. The van der Waals surface area contributed by atoms with E-state index in [2.05, 4.69) is 154 Å². The van der Waals surface area contributed by atoms with Gasteiger partial charge in [-0.05, 0) is 128 Å². The highest BCUT2D eigenvalue weighted by Gasteiger charge is 2.19. The maximum absolute atomic E-state index is 12.9. The van der Waals surface area contributed by atoms with Gasteiger partial charge in [-0.3, -0.25) is 14.4 Å². The first-order valence-electron chi connectivity index (χ1n) is 28.7. The second-order valence-electron chi connectivity index (χ2n) is 18.4. The fraction of sp³-hybridized carbons (Fsp3) is 0.615. The molecule has 400 valence electrons. The molecule has 0 aliphatic carbocycles. The van der Waals surface area contributed by atoms with E-state index in [0.29, 0.717) is 12.8 Å². The third-order valence-corrected chi connectivity index (χ3v) is 11.6. The lowest BCUT2D eigenvalue weighted by molar-refractivity contribution is -0.167. The van der Waals surface area contributed by atoms with Crippen molar-refractivity contribution < 1.29 is 28.6 Å². The molecule has 6 heteroatoms. The van der Waals surface area contributed by atoms with Crippen molar-refractivity contribution in [1.29, 1.82) is 0 Å². The number of rotatable bonds is 50. The fourth-order valence-corrected chi connectivity index (χ4v) is 7.38. The minimum Gasteiger partial charge on any atom is -0.462 e. The molecule has 0 aliphatic rings. The maximum atomic E-state index is 12.9. The summed E-state index contributed by atoms with van der Waals surface area (Å²) >= 11 is 0. The van der Waals surface area contributed by atoms with E-state index in [1.54, 1.807) is 0 Å². The van der Waals surface area contributed by atoms with Gasteiger partial charge in [-0.25, -0.2) is 0 Å². The zero-order valence-corrected chi connectivity index (χ0v) is 45.7. The Morgan fingerprint density at radius 1 is 0.296 bits per heavy atom. The molecule has 0 aromatic rings. The van der Waals surface area contributed by atoms with E-state index in [4.69, 9.17) is 14.2 Å². The molecule has 0 heterocycles. The number of unbranched alkanes of at least 4 members (excludes halogenated alkanes) is 17. The van der Waals surface area contributed by atoms with E-state index in [1.165, 1.54) is 70.6 Å². The largest absolute Gasteiger partial charge is 0.462 e. The van der Waals surface area contributed by atoms with Gasteiger partial charge in [-0.15, -0.1) is 0 Å². The highest BCUT2D eigenvalue weighted by molar-refractivity contribution is 5.71. The van der Waals surface area contributed by atoms with Crippen LogP contribution in [0.15, 0.2) is 134 Å². The Kier molecular flexibility index (Phi) is 54.5. The summed E-state index contributed by atoms with van der Waals surface area (Å²) in [4.78, 5) is 38.2. The van der Waals surface area contributed by atoms with E-state index >= 15 is 0 Å². The molecule has 71 heavy (non-hydrogen) atoms. The third-order valence-electron chi connectivity index (χ3n) is 11.6. The monoisotopic (exact) mass is 981 g/mol. The molecule has 0 unspecified atom stereocenters. The Labute approximate surface area is 436 Å². The van der Waals surface area contributed by atoms with Crippen LogP contribution in [0.25, 0.3) is 0 Å².